The number of amides is 1. The van der Waals surface area contributed by atoms with Crippen LogP contribution in [0.25, 0.3) is 10.9 Å². The number of anilines is 1. The predicted octanol–water partition coefficient (Wildman–Crippen LogP) is 3.43. The van der Waals surface area contributed by atoms with Gasteiger partial charge in [-0.1, -0.05) is 18.2 Å². The predicted molar refractivity (Wildman–Crippen MR) is 113 cm³/mol. The average molecular weight is 405 g/mol. The van der Waals surface area contributed by atoms with Crippen LogP contribution in [0.2, 0.25) is 0 Å². The van der Waals surface area contributed by atoms with Gasteiger partial charge in [-0.15, -0.1) is 0 Å². The number of benzene rings is 2. The van der Waals surface area contributed by atoms with Crippen LogP contribution in [0.1, 0.15) is 23.2 Å². The summed E-state index contributed by atoms with van der Waals surface area (Å²) in [5.41, 5.74) is 2.41. The van der Waals surface area contributed by atoms with E-state index in [0.717, 1.165) is 42.4 Å². The summed E-state index contributed by atoms with van der Waals surface area (Å²) in [6.45, 7) is 2.04. The lowest BCUT2D eigenvalue weighted by atomic mass is 9.95. The smallest absolute Gasteiger partial charge is 0.231 e. The minimum atomic E-state index is -0.0603. The molecule has 2 aliphatic rings. The van der Waals surface area contributed by atoms with Crippen molar-refractivity contribution in [3.05, 3.63) is 54.2 Å². The number of carbonyl (C=O) groups excluding carboxylic acids is 2. The van der Waals surface area contributed by atoms with Crippen molar-refractivity contribution in [1.29, 1.82) is 0 Å². The number of aromatic amines is 1. The highest BCUT2D eigenvalue weighted by Crippen LogP contribution is 2.34. The van der Waals surface area contributed by atoms with E-state index in [4.69, 9.17) is 9.47 Å². The van der Waals surface area contributed by atoms with Crippen LogP contribution in [0.4, 0.5) is 5.69 Å². The molecule has 7 heteroatoms. The molecule has 0 aliphatic carbocycles. The van der Waals surface area contributed by atoms with Gasteiger partial charge in [-0.2, -0.15) is 0 Å². The highest BCUT2D eigenvalue weighted by Gasteiger charge is 2.27. The lowest BCUT2D eigenvalue weighted by Gasteiger charge is -2.30. The molecule has 0 bridgehead atoms. The highest BCUT2D eigenvalue weighted by atomic mass is 16.7. The van der Waals surface area contributed by atoms with Crippen LogP contribution in [0.3, 0.4) is 0 Å². The summed E-state index contributed by atoms with van der Waals surface area (Å²) >= 11 is 0. The maximum absolute atomic E-state index is 12.8. The van der Waals surface area contributed by atoms with Crippen molar-refractivity contribution in [3.63, 3.8) is 0 Å². The Morgan fingerprint density at radius 2 is 1.87 bits per heavy atom. The third kappa shape index (κ3) is 3.64. The van der Waals surface area contributed by atoms with Crippen LogP contribution in [0.5, 0.6) is 11.5 Å². The van der Waals surface area contributed by atoms with Gasteiger partial charge in [0.25, 0.3) is 0 Å². The molecule has 7 nitrogen and oxygen atoms in total. The van der Waals surface area contributed by atoms with Crippen molar-refractivity contribution < 1.29 is 19.1 Å². The number of para-hydroxylation sites is 1. The molecule has 0 atom stereocenters. The standard InChI is InChI=1S/C23H23N3O4/c27-20(18-12-24-19-4-2-1-3-17(18)19)13-26-9-7-15(8-10-26)23(28)25-16-5-6-21-22(11-16)30-14-29-21/h1-6,11-12,15,24H,7-10,13-14H2,(H,25,28). The second-order valence-electron chi connectivity index (χ2n) is 7.78. The number of piperidine rings is 1. The lowest BCUT2D eigenvalue weighted by molar-refractivity contribution is -0.121. The molecular weight excluding hydrogens is 382 g/mol. The molecule has 0 unspecified atom stereocenters. The van der Waals surface area contributed by atoms with Crippen molar-refractivity contribution in [3.8, 4) is 11.5 Å². The Hall–Kier alpha value is -3.32. The SMILES string of the molecule is O=C(CN1CCC(C(=O)Nc2ccc3c(c2)OCO3)CC1)c1c[nH]c2ccccc12. The highest BCUT2D eigenvalue weighted by molar-refractivity contribution is 6.08. The number of ether oxygens (including phenoxy) is 2. The zero-order valence-corrected chi connectivity index (χ0v) is 16.5. The maximum atomic E-state index is 12.8. The molecule has 1 aromatic heterocycles. The molecule has 1 saturated heterocycles. The molecule has 0 radical (unpaired) electrons. The number of aromatic nitrogens is 1. The fraction of sp³-hybridized carbons (Fsp3) is 0.304. The van der Waals surface area contributed by atoms with Crippen LogP contribution in [-0.2, 0) is 4.79 Å². The molecule has 0 spiro atoms. The summed E-state index contributed by atoms with van der Waals surface area (Å²) in [6, 6.07) is 13.2. The lowest BCUT2D eigenvalue weighted by Crippen LogP contribution is -2.40. The van der Waals surface area contributed by atoms with Gasteiger partial charge in [-0.05, 0) is 44.1 Å². The largest absolute Gasteiger partial charge is 0.454 e. The van der Waals surface area contributed by atoms with Gasteiger partial charge in [-0.25, -0.2) is 0 Å². The van der Waals surface area contributed by atoms with Gasteiger partial charge in [0.1, 0.15) is 0 Å². The molecule has 2 aromatic carbocycles. The van der Waals surface area contributed by atoms with E-state index in [1.807, 2.05) is 30.3 Å². The number of carbonyl (C=O) groups is 2. The summed E-state index contributed by atoms with van der Waals surface area (Å²) in [7, 11) is 0. The molecule has 3 aromatic rings. The quantitative estimate of drug-likeness (QED) is 0.636. The molecule has 5 rings (SSSR count). The third-order valence-corrected chi connectivity index (χ3v) is 5.86. The third-order valence-electron chi connectivity index (χ3n) is 5.86. The van der Waals surface area contributed by atoms with Crippen molar-refractivity contribution in [2.45, 2.75) is 12.8 Å². The number of rotatable bonds is 5. The van der Waals surface area contributed by atoms with E-state index in [1.165, 1.54) is 0 Å². The minimum absolute atomic E-state index is 0.0106. The topological polar surface area (TPSA) is 83.7 Å². The monoisotopic (exact) mass is 405 g/mol. The van der Waals surface area contributed by atoms with E-state index < -0.39 is 0 Å². The zero-order chi connectivity index (χ0) is 20.5. The van der Waals surface area contributed by atoms with Gasteiger partial charge in [0.15, 0.2) is 17.3 Å². The van der Waals surface area contributed by atoms with E-state index >= 15 is 0 Å². The van der Waals surface area contributed by atoms with E-state index in [1.54, 1.807) is 18.3 Å². The van der Waals surface area contributed by atoms with E-state index in [9.17, 15) is 9.59 Å². The number of fused-ring (bicyclic) bond motifs is 2. The molecule has 3 heterocycles. The summed E-state index contributed by atoms with van der Waals surface area (Å²) in [6.07, 6.45) is 3.26. The van der Waals surface area contributed by atoms with E-state index in [-0.39, 0.29) is 24.4 Å². The molecular formula is C23H23N3O4. The van der Waals surface area contributed by atoms with Crippen molar-refractivity contribution in [2.75, 3.05) is 31.7 Å². The van der Waals surface area contributed by atoms with Crippen LogP contribution < -0.4 is 14.8 Å². The fourth-order valence-electron chi connectivity index (χ4n) is 4.16. The van der Waals surface area contributed by atoms with Gasteiger partial charge in [0, 0.05) is 40.3 Å². The normalized spacial score (nSPS) is 16.7. The maximum Gasteiger partial charge on any atom is 0.231 e. The summed E-state index contributed by atoms with van der Waals surface area (Å²) in [5.74, 6) is 1.40. The molecule has 1 fully saturated rings. The van der Waals surface area contributed by atoms with Gasteiger partial charge >= 0.3 is 0 Å². The van der Waals surface area contributed by atoms with Gasteiger partial charge in [0.05, 0.1) is 6.54 Å². The second-order valence-corrected chi connectivity index (χ2v) is 7.78. The van der Waals surface area contributed by atoms with E-state index in [0.29, 0.717) is 23.7 Å². The Kier molecular flexibility index (Phi) is 4.88. The molecule has 2 aliphatic heterocycles. The number of nitrogens with zero attached hydrogens (tertiary/aromatic N) is 1. The molecule has 2 N–H and O–H groups in total. The number of hydrogen-bond acceptors (Lipinski definition) is 5. The van der Waals surface area contributed by atoms with Crippen LogP contribution in [-0.4, -0.2) is 48.0 Å². The minimum Gasteiger partial charge on any atom is -0.454 e. The van der Waals surface area contributed by atoms with E-state index in [2.05, 4.69) is 15.2 Å². The Bertz CT molecular complexity index is 1100. The van der Waals surface area contributed by atoms with Gasteiger partial charge in [0.2, 0.25) is 12.7 Å². The fourth-order valence-corrected chi connectivity index (χ4v) is 4.16. The van der Waals surface area contributed by atoms with Crippen LogP contribution >= 0.6 is 0 Å². The molecule has 30 heavy (non-hydrogen) atoms. The molecule has 154 valence electrons. The van der Waals surface area contributed by atoms with Gasteiger partial charge in [-0.3, -0.25) is 14.5 Å². The molecule has 0 saturated carbocycles. The molecule has 1 amide bonds. The summed E-state index contributed by atoms with van der Waals surface area (Å²) in [5, 5.41) is 3.93. The number of H-pyrrole nitrogens is 1. The number of Topliss-reactive ketones (excluding diaryl/α,β-unsaturated/α-hetero) is 1. The van der Waals surface area contributed by atoms with Crippen molar-refractivity contribution >= 4 is 28.3 Å². The Labute approximate surface area is 174 Å². The summed E-state index contributed by atoms with van der Waals surface area (Å²) < 4.78 is 10.7. The van der Waals surface area contributed by atoms with Gasteiger partial charge < -0.3 is 19.8 Å². The van der Waals surface area contributed by atoms with Crippen molar-refractivity contribution in [1.82, 2.24) is 9.88 Å². The Morgan fingerprint density at radius 1 is 1.07 bits per heavy atom. The van der Waals surface area contributed by atoms with Crippen LogP contribution in [0.15, 0.2) is 48.7 Å². The first-order valence-electron chi connectivity index (χ1n) is 10.2. The number of nitrogens with one attached hydrogen (secondary N) is 2. The zero-order valence-electron chi connectivity index (χ0n) is 16.5. The van der Waals surface area contributed by atoms with Crippen LogP contribution in [0, 0.1) is 5.92 Å². The average Bonchev–Trinajstić information content (AvgIpc) is 3.41. The Morgan fingerprint density at radius 3 is 2.73 bits per heavy atom. The first-order chi connectivity index (χ1) is 14.7. The summed E-state index contributed by atoms with van der Waals surface area (Å²) in [4.78, 5) is 30.7. The first-order valence-corrected chi connectivity index (χ1v) is 10.2. The number of hydrogen-bond donors (Lipinski definition) is 2. The number of likely N-dealkylation sites (tertiary alicyclic amines) is 1. The second kappa shape index (κ2) is 7.84. The first kappa shape index (κ1) is 18.7. The van der Waals surface area contributed by atoms with Crippen molar-refractivity contribution in [2.24, 2.45) is 5.92 Å². The Balaban J connectivity index is 1.15. The number of ketones is 1.